The van der Waals surface area contributed by atoms with Gasteiger partial charge in [0, 0.05) is 0 Å². The molecular weight excluding hydrogens is 384 g/mol. The molecule has 1 rings (SSSR count). The molecule has 1 aromatic rings. The average molecular weight is 427 g/mol. The van der Waals surface area contributed by atoms with Gasteiger partial charge in [-0.05, 0) is 42.9 Å². The number of phenolic OH excluding ortho intramolecular Hbond substituents is 1. The fraction of sp³-hybridized carbons (Fsp3) is 0.750. The molecule has 0 aliphatic carbocycles. The lowest BCUT2D eigenvalue weighted by Crippen LogP contribution is -2.05. The van der Waals surface area contributed by atoms with Crippen LogP contribution >= 0.6 is 0 Å². The van der Waals surface area contributed by atoms with Crippen molar-refractivity contribution in [1.82, 2.24) is 0 Å². The van der Waals surface area contributed by atoms with Crippen LogP contribution < -0.4 is 0 Å². The van der Waals surface area contributed by atoms with Gasteiger partial charge < -0.3 is 5.11 Å². The zero-order valence-electron chi connectivity index (χ0n) is 18.6. The van der Waals surface area contributed by atoms with Crippen LogP contribution in [-0.4, -0.2) is 18.1 Å². The topological polar surface area (TPSA) is 74.6 Å². The fourth-order valence-electron chi connectivity index (χ4n) is 3.92. The number of aryl methyl sites for hydroxylation is 2. The number of hydrogen-bond acceptors (Lipinski definition) is 3. The first-order chi connectivity index (χ1) is 13.9. The van der Waals surface area contributed by atoms with Crippen LogP contribution in [0.2, 0.25) is 0 Å². The van der Waals surface area contributed by atoms with Gasteiger partial charge in [-0.25, -0.2) is 0 Å². The molecule has 0 fully saturated rings. The Balaban J connectivity index is 2.61. The summed E-state index contributed by atoms with van der Waals surface area (Å²) >= 11 is 0. The molecule has 0 saturated carbocycles. The summed E-state index contributed by atoms with van der Waals surface area (Å²) in [5.74, 6) is -0.314. The first kappa shape index (κ1) is 26.0. The summed E-state index contributed by atoms with van der Waals surface area (Å²) in [6.45, 7) is 4.41. The first-order valence-corrected chi connectivity index (χ1v) is 13.2. The quantitative estimate of drug-likeness (QED) is 0.203. The fourth-order valence-corrected chi connectivity index (χ4v) is 4.74. The highest BCUT2D eigenvalue weighted by atomic mass is 32.2. The van der Waals surface area contributed by atoms with Crippen molar-refractivity contribution in [1.29, 1.82) is 0 Å². The van der Waals surface area contributed by atoms with Crippen LogP contribution in [0.3, 0.4) is 0 Å². The van der Waals surface area contributed by atoms with Crippen molar-refractivity contribution in [2.75, 3.05) is 0 Å². The van der Waals surface area contributed by atoms with E-state index in [1.165, 1.54) is 63.9 Å². The molecule has 0 aromatic heterocycles. The Morgan fingerprint density at radius 3 is 1.62 bits per heavy atom. The Labute approximate surface area is 178 Å². The SMILES string of the molecule is CCCCCCCCCc1cc(O)c(S(=O)(=O)O)c(CCCCCCCCC)c1. The summed E-state index contributed by atoms with van der Waals surface area (Å²) in [7, 11) is -4.42. The van der Waals surface area contributed by atoms with Crippen LogP contribution in [0.4, 0.5) is 0 Å². The number of hydrogen-bond donors (Lipinski definition) is 2. The van der Waals surface area contributed by atoms with Crippen molar-refractivity contribution >= 4 is 10.1 Å². The van der Waals surface area contributed by atoms with Gasteiger partial charge in [-0.15, -0.1) is 0 Å². The second kappa shape index (κ2) is 14.8. The van der Waals surface area contributed by atoms with Crippen molar-refractivity contribution in [2.45, 2.75) is 121 Å². The zero-order valence-corrected chi connectivity index (χ0v) is 19.4. The highest BCUT2D eigenvalue weighted by Crippen LogP contribution is 2.30. The number of rotatable bonds is 17. The lowest BCUT2D eigenvalue weighted by molar-refractivity contribution is 0.439. The standard InChI is InChI=1S/C24H42O4S/c1-3-5-7-9-11-13-15-17-21-19-22(18-16-14-12-10-8-6-4-2)24(23(25)20-21)29(26,27)28/h19-20,25H,3-18H2,1-2H3,(H,26,27,28). The van der Waals surface area contributed by atoms with Gasteiger partial charge in [-0.2, -0.15) is 8.42 Å². The van der Waals surface area contributed by atoms with Gasteiger partial charge in [-0.3, -0.25) is 4.55 Å². The highest BCUT2D eigenvalue weighted by molar-refractivity contribution is 7.86. The molecule has 0 radical (unpaired) electrons. The maximum atomic E-state index is 11.8. The van der Waals surface area contributed by atoms with Crippen molar-refractivity contribution in [3.05, 3.63) is 23.3 Å². The minimum Gasteiger partial charge on any atom is -0.506 e. The maximum Gasteiger partial charge on any atom is 0.298 e. The van der Waals surface area contributed by atoms with Gasteiger partial charge in [0.1, 0.15) is 10.6 Å². The largest absolute Gasteiger partial charge is 0.506 e. The zero-order chi connectivity index (χ0) is 21.5. The molecule has 4 nitrogen and oxygen atoms in total. The van der Waals surface area contributed by atoms with Crippen molar-refractivity contribution in [3.8, 4) is 5.75 Å². The van der Waals surface area contributed by atoms with E-state index >= 15 is 0 Å². The van der Waals surface area contributed by atoms with Crippen molar-refractivity contribution in [3.63, 3.8) is 0 Å². The third-order valence-corrected chi connectivity index (χ3v) is 6.57. The Hall–Kier alpha value is -1.07. The molecule has 0 spiro atoms. The van der Waals surface area contributed by atoms with Crippen LogP contribution in [0.1, 0.15) is 115 Å². The number of benzene rings is 1. The Morgan fingerprint density at radius 2 is 1.14 bits per heavy atom. The van der Waals surface area contributed by atoms with E-state index in [1.807, 2.05) is 6.07 Å². The Morgan fingerprint density at radius 1 is 0.690 bits per heavy atom. The predicted octanol–water partition coefficient (Wildman–Crippen LogP) is 7.23. The molecule has 0 unspecified atom stereocenters. The van der Waals surface area contributed by atoms with Crippen LogP contribution in [0.25, 0.3) is 0 Å². The average Bonchev–Trinajstić information content (AvgIpc) is 2.65. The second-order valence-electron chi connectivity index (χ2n) is 8.32. The molecule has 0 amide bonds. The smallest absolute Gasteiger partial charge is 0.298 e. The summed E-state index contributed by atoms with van der Waals surface area (Å²) in [5.41, 5.74) is 1.51. The predicted molar refractivity (Wildman–Crippen MR) is 121 cm³/mol. The van der Waals surface area contributed by atoms with E-state index in [4.69, 9.17) is 0 Å². The van der Waals surface area contributed by atoms with E-state index in [2.05, 4.69) is 13.8 Å². The molecule has 0 bridgehead atoms. The normalized spacial score (nSPS) is 11.8. The molecule has 0 aliphatic rings. The van der Waals surface area contributed by atoms with Crippen LogP contribution in [0.5, 0.6) is 5.75 Å². The van der Waals surface area contributed by atoms with E-state index in [0.29, 0.717) is 12.0 Å². The second-order valence-corrected chi connectivity index (χ2v) is 9.68. The summed E-state index contributed by atoms with van der Waals surface area (Å²) in [5, 5.41) is 10.3. The number of unbranched alkanes of at least 4 members (excludes halogenated alkanes) is 12. The van der Waals surface area contributed by atoms with E-state index < -0.39 is 10.1 Å². The minimum atomic E-state index is -4.42. The van der Waals surface area contributed by atoms with E-state index in [9.17, 15) is 18.1 Å². The van der Waals surface area contributed by atoms with Crippen molar-refractivity contribution in [2.24, 2.45) is 0 Å². The lowest BCUT2D eigenvalue weighted by Gasteiger charge is -2.12. The lowest BCUT2D eigenvalue weighted by atomic mass is 9.99. The summed E-state index contributed by atoms with van der Waals surface area (Å²) in [6, 6.07) is 3.38. The first-order valence-electron chi connectivity index (χ1n) is 11.7. The Bertz CT molecular complexity index is 668. The molecule has 0 heterocycles. The van der Waals surface area contributed by atoms with E-state index in [-0.39, 0.29) is 10.6 Å². The molecule has 2 N–H and O–H groups in total. The number of phenols is 1. The van der Waals surface area contributed by atoms with Crippen LogP contribution in [0, 0.1) is 0 Å². The van der Waals surface area contributed by atoms with Crippen LogP contribution in [0.15, 0.2) is 17.0 Å². The molecule has 0 aliphatic heterocycles. The summed E-state index contributed by atoms with van der Waals surface area (Å²) in [4.78, 5) is -0.299. The molecule has 0 atom stereocenters. The third-order valence-electron chi connectivity index (χ3n) is 5.58. The van der Waals surface area contributed by atoms with E-state index in [0.717, 1.165) is 44.1 Å². The molecule has 0 saturated heterocycles. The van der Waals surface area contributed by atoms with Gasteiger partial charge >= 0.3 is 0 Å². The summed E-state index contributed by atoms with van der Waals surface area (Å²) in [6.07, 6.45) is 17.9. The van der Waals surface area contributed by atoms with E-state index in [1.54, 1.807) is 0 Å². The van der Waals surface area contributed by atoms with Gasteiger partial charge in [0.05, 0.1) is 0 Å². The summed E-state index contributed by atoms with van der Waals surface area (Å²) < 4.78 is 33.1. The molecule has 168 valence electrons. The molecule has 29 heavy (non-hydrogen) atoms. The maximum absolute atomic E-state index is 11.8. The van der Waals surface area contributed by atoms with Gasteiger partial charge in [0.25, 0.3) is 10.1 Å². The highest BCUT2D eigenvalue weighted by Gasteiger charge is 2.21. The van der Waals surface area contributed by atoms with Gasteiger partial charge in [0.15, 0.2) is 0 Å². The molecule has 5 heteroatoms. The Kier molecular flexibility index (Phi) is 13.3. The van der Waals surface area contributed by atoms with Gasteiger partial charge in [-0.1, -0.05) is 97.0 Å². The molecular formula is C24H42O4S. The minimum absolute atomic E-state index is 0.299. The molecule has 1 aromatic carbocycles. The number of aromatic hydroxyl groups is 1. The monoisotopic (exact) mass is 426 g/mol. The van der Waals surface area contributed by atoms with Crippen molar-refractivity contribution < 1.29 is 18.1 Å². The third kappa shape index (κ3) is 11.0. The van der Waals surface area contributed by atoms with Crippen LogP contribution in [-0.2, 0) is 23.0 Å². The van der Waals surface area contributed by atoms with Gasteiger partial charge in [0.2, 0.25) is 0 Å².